The molecule has 2 aliphatic rings. The predicted molar refractivity (Wildman–Crippen MR) is 105 cm³/mol. The lowest BCUT2D eigenvalue weighted by molar-refractivity contribution is -0.142. The van der Waals surface area contributed by atoms with Gasteiger partial charge in [0.05, 0.1) is 0 Å². The van der Waals surface area contributed by atoms with E-state index >= 15 is 0 Å². The van der Waals surface area contributed by atoms with E-state index in [0.29, 0.717) is 39.0 Å². The monoisotopic (exact) mass is 394 g/mol. The highest BCUT2D eigenvalue weighted by Crippen LogP contribution is 2.20. The molecule has 2 saturated heterocycles. The van der Waals surface area contributed by atoms with Gasteiger partial charge in [0.1, 0.15) is 11.8 Å². The third-order valence-electron chi connectivity index (χ3n) is 5.85. The molecule has 0 spiro atoms. The zero-order valence-corrected chi connectivity index (χ0v) is 16.7. The third kappa shape index (κ3) is 6.21. The first-order valence-electron chi connectivity index (χ1n) is 10.6. The Bertz CT molecular complexity index is 531. The van der Waals surface area contributed by atoms with Gasteiger partial charge in [-0.15, -0.1) is 0 Å². The Labute approximate surface area is 167 Å². The van der Waals surface area contributed by atoms with Gasteiger partial charge in [0.2, 0.25) is 23.6 Å². The van der Waals surface area contributed by atoms with Crippen molar-refractivity contribution in [2.75, 3.05) is 26.2 Å². The topological polar surface area (TPSA) is 127 Å². The summed E-state index contributed by atoms with van der Waals surface area (Å²) in [5.41, 5.74) is 10.7. The fourth-order valence-corrected chi connectivity index (χ4v) is 4.14. The van der Waals surface area contributed by atoms with Gasteiger partial charge in [-0.25, -0.2) is 0 Å². The van der Waals surface area contributed by atoms with Gasteiger partial charge in [0.15, 0.2) is 0 Å². The molecule has 0 aromatic heterocycles. The molecule has 2 atom stereocenters. The average molecular weight is 395 g/mol. The number of carbonyl (C=O) groups is 4. The first-order chi connectivity index (χ1) is 13.4. The Hall–Kier alpha value is -2.12. The minimum atomic E-state index is -0.672. The second kappa shape index (κ2) is 11.0. The SMILES string of the molecule is NC(=O)C1CCCCN(CCCCCCN2CCCCC(C(N)=O)C2=O)C1=O. The molecule has 2 fully saturated rings. The van der Waals surface area contributed by atoms with E-state index in [1.807, 2.05) is 0 Å². The molecule has 158 valence electrons. The van der Waals surface area contributed by atoms with Crippen LogP contribution in [0.25, 0.3) is 0 Å². The molecule has 8 nitrogen and oxygen atoms in total. The summed E-state index contributed by atoms with van der Waals surface area (Å²) >= 11 is 0. The molecule has 8 heteroatoms. The fraction of sp³-hybridized carbons (Fsp3) is 0.800. The van der Waals surface area contributed by atoms with Crippen LogP contribution in [0, 0.1) is 11.8 Å². The molecule has 0 bridgehead atoms. The number of nitrogens with two attached hydrogens (primary N) is 2. The number of hydrogen-bond acceptors (Lipinski definition) is 4. The van der Waals surface area contributed by atoms with Crippen LogP contribution in [0.3, 0.4) is 0 Å². The van der Waals surface area contributed by atoms with Gasteiger partial charge in [-0.05, 0) is 38.5 Å². The highest BCUT2D eigenvalue weighted by molar-refractivity contribution is 6.00. The predicted octanol–water partition coefficient (Wildman–Crippen LogP) is 0.775. The Kier molecular flexibility index (Phi) is 8.73. The van der Waals surface area contributed by atoms with Crippen LogP contribution in [-0.2, 0) is 19.2 Å². The Morgan fingerprint density at radius 1 is 0.714 bits per heavy atom. The largest absolute Gasteiger partial charge is 0.369 e. The molecule has 4 N–H and O–H groups in total. The maximum Gasteiger partial charge on any atom is 0.235 e. The lowest BCUT2D eigenvalue weighted by atomic mass is 10.0. The summed E-state index contributed by atoms with van der Waals surface area (Å²) in [6.45, 7) is 2.68. The van der Waals surface area contributed by atoms with Gasteiger partial charge in [0, 0.05) is 26.2 Å². The Balaban J connectivity index is 1.68. The van der Waals surface area contributed by atoms with Crippen molar-refractivity contribution in [1.29, 1.82) is 0 Å². The van der Waals surface area contributed by atoms with Crippen LogP contribution >= 0.6 is 0 Å². The van der Waals surface area contributed by atoms with Crippen LogP contribution in [0.1, 0.15) is 64.2 Å². The van der Waals surface area contributed by atoms with Gasteiger partial charge >= 0.3 is 0 Å². The maximum absolute atomic E-state index is 12.4. The van der Waals surface area contributed by atoms with E-state index in [0.717, 1.165) is 51.4 Å². The quantitative estimate of drug-likeness (QED) is 0.442. The van der Waals surface area contributed by atoms with E-state index in [2.05, 4.69) is 0 Å². The van der Waals surface area contributed by atoms with Crippen LogP contribution in [0.4, 0.5) is 0 Å². The number of carbonyl (C=O) groups excluding carboxylic acids is 4. The van der Waals surface area contributed by atoms with Gasteiger partial charge < -0.3 is 21.3 Å². The summed E-state index contributed by atoms with van der Waals surface area (Å²) in [6, 6.07) is 0. The minimum Gasteiger partial charge on any atom is -0.369 e. The Morgan fingerprint density at radius 2 is 1.11 bits per heavy atom. The van der Waals surface area contributed by atoms with Crippen molar-refractivity contribution in [2.24, 2.45) is 23.3 Å². The molecule has 0 aromatic rings. The number of likely N-dealkylation sites (tertiary alicyclic amines) is 2. The highest BCUT2D eigenvalue weighted by atomic mass is 16.2. The maximum atomic E-state index is 12.4. The molecule has 2 unspecified atom stereocenters. The number of unbranched alkanes of at least 4 members (excludes halogenated alkanes) is 3. The van der Waals surface area contributed by atoms with Gasteiger partial charge in [-0.3, -0.25) is 19.2 Å². The normalized spacial score (nSPS) is 24.0. The second-order valence-electron chi connectivity index (χ2n) is 7.97. The first kappa shape index (κ1) is 22.2. The molecule has 2 aliphatic heterocycles. The number of rotatable bonds is 9. The van der Waals surface area contributed by atoms with E-state index < -0.39 is 23.7 Å². The lowest BCUT2D eigenvalue weighted by Crippen LogP contribution is -2.41. The van der Waals surface area contributed by atoms with Crippen molar-refractivity contribution in [3.63, 3.8) is 0 Å². The minimum absolute atomic E-state index is 0.127. The zero-order chi connectivity index (χ0) is 20.5. The number of nitrogens with zero attached hydrogens (tertiary/aromatic N) is 2. The van der Waals surface area contributed by atoms with Crippen molar-refractivity contribution in [3.8, 4) is 0 Å². The third-order valence-corrected chi connectivity index (χ3v) is 5.85. The molecule has 0 aromatic carbocycles. The fourth-order valence-electron chi connectivity index (χ4n) is 4.14. The van der Waals surface area contributed by atoms with Crippen LogP contribution < -0.4 is 11.5 Å². The summed E-state index contributed by atoms with van der Waals surface area (Å²) in [5.74, 6) is -2.64. The molecule has 2 heterocycles. The Morgan fingerprint density at radius 3 is 1.46 bits per heavy atom. The van der Waals surface area contributed by atoms with Crippen molar-refractivity contribution >= 4 is 23.6 Å². The van der Waals surface area contributed by atoms with E-state index in [1.54, 1.807) is 9.80 Å². The van der Waals surface area contributed by atoms with Gasteiger partial charge in [-0.1, -0.05) is 25.7 Å². The smallest absolute Gasteiger partial charge is 0.235 e. The summed E-state index contributed by atoms with van der Waals surface area (Å²) in [4.78, 5) is 51.3. The van der Waals surface area contributed by atoms with Crippen molar-refractivity contribution in [3.05, 3.63) is 0 Å². The number of primary amides is 2. The van der Waals surface area contributed by atoms with Crippen LogP contribution in [0.2, 0.25) is 0 Å². The van der Waals surface area contributed by atoms with E-state index in [-0.39, 0.29) is 11.8 Å². The number of hydrogen-bond donors (Lipinski definition) is 2. The van der Waals surface area contributed by atoms with Gasteiger partial charge in [-0.2, -0.15) is 0 Å². The van der Waals surface area contributed by atoms with Crippen LogP contribution in [0.5, 0.6) is 0 Å². The summed E-state index contributed by atoms with van der Waals surface area (Å²) < 4.78 is 0. The molecule has 0 aliphatic carbocycles. The van der Waals surface area contributed by atoms with Gasteiger partial charge in [0.25, 0.3) is 0 Å². The van der Waals surface area contributed by atoms with Crippen molar-refractivity contribution in [2.45, 2.75) is 64.2 Å². The summed E-state index contributed by atoms with van der Waals surface area (Å²) in [6.07, 6.45) is 8.28. The number of amides is 4. The molecule has 4 amide bonds. The standard InChI is InChI=1S/C20H34N4O4/c21-17(25)15-9-3-7-13-23(19(15)27)11-5-1-2-6-12-24-14-8-4-10-16(18(22)26)20(24)28/h15-16H,1-14H2,(H2,21,25)(H2,22,26). The summed E-state index contributed by atoms with van der Waals surface area (Å²) in [5, 5.41) is 0. The van der Waals surface area contributed by atoms with E-state index in [4.69, 9.17) is 11.5 Å². The van der Waals surface area contributed by atoms with E-state index in [9.17, 15) is 19.2 Å². The average Bonchev–Trinajstić information content (AvgIpc) is 2.94. The highest BCUT2D eigenvalue weighted by Gasteiger charge is 2.31. The second-order valence-corrected chi connectivity index (χ2v) is 7.97. The summed E-state index contributed by atoms with van der Waals surface area (Å²) in [7, 11) is 0. The van der Waals surface area contributed by atoms with Crippen molar-refractivity contribution < 1.29 is 19.2 Å². The molecule has 0 saturated carbocycles. The molecule has 28 heavy (non-hydrogen) atoms. The molecular weight excluding hydrogens is 360 g/mol. The molecule has 2 rings (SSSR count). The van der Waals surface area contributed by atoms with Crippen molar-refractivity contribution in [1.82, 2.24) is 9.80 Å². The van der Waals surface area contributed by atoms with Crippen LogP contribution in [-0.4, -0.2) is 59.6 Å². The van der Waals surface area contributed by atoms with Crippen LogP contribution in [0.15, 0.2) is 0 Å². The molecular formula is C20H34N4O4. The van der Waals surface area contributed by atoms with E-state index in [1.165, 1.54) is 0 Å². The lowest BCUT2D eigenvalue weighted by Gasteiger charge is -2.24. The first-order valence-corrected chi connectivity index (χ1v) is 10.6. The molecule has 0 radical (unpaired) electrons. The zero-order valence-electron chi connectivity index (χ0n) is 16.7.